The van der Waals surface area contributed by atoms with Gasteiger partial charge in [-0.3, -0.25) is 15.0 Å². The van der Waals surface area contributed by atoms with Gasteiger partial charge >= 0.3 is 0 Å². The van der Waals surface area contributed by atoms with E-state index in [1.54, 1.807) is 48.5 Å². The summed E-state index contributed by atoms with van der Waals surface area (Å²) in [4.78, 5) is 24.9. The summed E-state index contributed by atoms with van der Waals surface area (Å²) in [5.41, 5.74) is 10.3. The van der Waals surface area contributed by atoms with Crippen molar-refractivity contribution in [1.29, 1.82) is 0 Å². The molecule has 27 heavy (non-hydrogen) atoms. The van der Waals surface area contributed by atoms with Gasteiger partial charge < -0.3 is 5.73 Å². The van der Waals surface area contributed by atoms with Crippen LogP contribution in [0.4, 0.5) is 0 Å². The third-order valence-electron chi connectivity index (χ3n) is 4.02. The minimum atomic E-state index is -0.839. The highest BCUT2D eigenvalue weighted by Crippen LogP contribution is 2.14. The maximum absolute atomic E-state index is 13.0. The van der Waals surface area contributed by atoms with E-state index >= 15 is 0 Å². The number of primary amides is 1. The summed E-state index contributed by atoms with van der Waals surface area (Å²) < 4.78 is 0. The van der Waals surface area contributed by atoms with Crippen molar-refractivity contribution in [3.05, 3.63) is 108 Å². The van der Waals surface area contributed by atoms with Crippen molar-refractivity contribution in [1.82, 2.24) is 5.43 Å². The summed E-state index contributed by atoms with van der Waals surface area (Å²) >= 11 is 0. The number of nitrogens with zero attached hydrogens (tertiary/aromatic N) is 1. The second-order valence-electron chi connectivity index (χ2n) is 5.90. The van der Waals surface area contributed by atoms with Crippen LogP contribution in [0, 0.1) is 0 Å². The molecule has 0 aliphatic heterocycles. The van der Waals surface area contributed by atoms with Crippen LogP contribution >= 0.6 is 0 Å². The first-order valence-corrected chi connectivity index (χ1v) is 8.49. The average Bonchev–Trinajstić information content (AvgIpc) is 2.72. The van der Waals surface area contributed by atoms with Gasteiger partial charge in [0.05, 0.1) is 0 Å². The Bertz CT molecular complexity index is 939. The molecular weight excluding hydrogens is 338 g/mol. The molecule has 3 aromatic carbocycles. The van der Waals surface area contributed by atoms with Crippen molar-refractivity contribution in [3.8, 4) is 0 Å². The molecule has 0 saturated carbocycles. The average molecular weight is 357 g/mol. The topological polar surface area (TPSA) is 84.6 Å². The highest BCUT2D eigenvalue weighted by molar-refractivity contribution is 6.51. The highest BCUT2D eigenvalue weighted by atomic mass is 16.1. The van der Waals surface area contributed by atoms with Crippen LogP contribution < -0.4 is 11.2 Å². The molecule has 0 heterocycles. The Morgan fingerprint density at radius 3 is 1.74 bits per heavy atom. The van der Waals surface area contributed by atoms with Gasteiger partial charge in [-0.15, -0.1) is 0 Å². The fourth-order valence-corrected chi connectivity index (χ4v) is 2.65. The number of nitrogens with one attached hydrogen (secondary N) is 1. The molecule has 0 fully saturated rings. The number of carbonyl (C=O) groups excluding carboxylic acids is 2. The van der Waals surface area contributed by atoms with E-state index in [0.29, 0.717) is 16.7 Å². The van der Waals surface area contributed by atoms with Gasteiger partial charge in [0.25, 0.3) is 0 Å². The second kappa shape index (κ2) is 8.58. The van der Waals surface area contributed by atoms with Crippen LogP contribution in [-0.4, -0.2) is 17.4 Å². The van der Waals surface area contributed by atoms with E-state index < -0.39 is 11.9 Å². The molecule has 134 valence electrons. The molecule has 5 heteroatoms. The van der Waals surface area contributed by atoms with Crippen LogP contribution in [0.3, 0.4) is 0 Å². The Labute approximate surface area is 157 Å². The van der Waals surface area contributed by atoms with Gasteiger partial charge in [-0.05, 0) is 5.56 Å². The summed E-state index contributed by atoms with van der Waals surface area (Å²) in [5.74, 6) is -0.824. The summed E-state index contributed by atoms with van der Waals surface area (Å²) in [7, 11) is 0. The molecule has 5 nitrogen and oxygen atoms in total. The van der Waals surface area contributed by atoms with Crippen molar-refractivity contribution in [2.75, 3.05) is 0 Å². The number of amides is 1. The summed E-state index contributed by atoms with van der Waals surface area (Å²) in [6.45, 7) is 0. The predicted octanol–water partition coefficient (Wildman–Crippen LogP) is 3.09. The number of hydrogen-bond donors (Lipinski definition) is 2. The molecule has 0 radical (unpaired) electrons. The lowest BCUT2D eigenvalue weighted by molar-refractivity contribution is -0.120. The van der Waals surface area contributed by atoms with Crippen LogP contribution in [0.15, 0.2) is 96.1 Å². The standard InChI is InChI=1S/C22H19N3O2/c23-22(27)20(17-12-6-2-7-13-17)25-24-19(16-10-4-1-5-11-16)21(26)18-14-8-3-9-15-18/h1-15,20,25H,(H2,23,27)/b24-19-. The van der Waals surface area contributed by atoms with Crippen LogP contribution in [0.25, 0.3) is 0 Å². The zero-order valence-corrected chi connectivity index (χ0v) is 14.6. The highest BCUT2D eigenvalue weighted by Gasteiger charge is 2.20. The smallest absolute Gasteiger partial charge is 0.246 e. The number of rotatable bonds is 7. The first-order chi connectivity index (χ1) is 13.2. The third-order valence-corrected chi connectivity index (χ3v) is 4.02. The molecule has 0 bridgehead atoms. The van der Waals surface area contributed by atoms with Crippen molar-refractivity contribution >= 4 is 17.4 Å². The van der Waals surface area contributed by atoms with E-state index in [2.05, 4.69) is 10.5 Å². The molecular formula is C22H19N3O2. The normalized spacial score (nSPS) is 12.2. The van der Waals surface area contributed by atoms with E-state index in [1.165, 1.54) is 0 Å². The molecule has 3 aromatic rings. The Morgan fingerprint density at radius 2 is 1.22 bits per heavy atom. The minimum Gasteiger partial charge on any atom is -0.368 e. The van der Waals surface area contributed by atoms with Gasteiger partial charge in [-0.2, -0.15) is 5.10 Å². The maximum atomic E-state index is 13.0. The number of nitrogens with two attached hydrogens (primary N) is 1. The number of hydrazone groups is 1. The van der Waals surface area contributed by atoms with Crippen molar-refractivity contribution in [2.24, 2.45) is 10.8 Å². The molecule has 1 atom stereocenters. The van der Waals surface area contributed by atoms with Crippen LogP contribution in [0.1, 0.15) is 27.5 Å². The molecule has 3 rings (SSSR count). The lowest BCUT2D eigenvalue weighted by Gasteiger charge is -2.15. The lowest BCUT2D eigenvalue weighted by atomic mass is 10.0. The monoisotopic (exact) mass is 357 g/mol. The van der Waals surface area contributed by atoms with Gasteiger partial charge in [0.15, 0.2) is 0 Å². The van der Waals surface area contributed by atoms with Gasteiger partial charge in [0, 0.05) is 11.1 Å². The SMILES string of the molecule is NC(=O)C(N/N=C(\C(=O)c1ccccc1)c1ccccc1)c1ccccc1. The molecule has 3 N–H and O–H groups in total. The van der Waals surface area contributed by atoms with E-state index in [-0.39, 0.29) is 11.5 Å². The van der Waals surface area contributed by atoms with Crippen LogP contribution in [0.2, 0.25) is 0 Å². The predicted molar refractivity (Wildman–Crippen MR) is 105 cm³/mol. The number of benzene rings is 3. The van der Waals surface area contributed by atoms with Crippen molar-refractivity contribution in [2.45, 2.75) is 6.04 Å². The van der Waals surface area contributed by atoms with E-state index in [0.717, 1.165) is 0 Å². The molecule has 0 spiro atoms. The second-order valence-corrected chi connectivity index (χ2v) is 5.90. The summed E-state index contributed by atoms with van der Waals surface area (Å²) in [6, 6.07) is 26.2. The molecule has 0 aromatic heterocycles. The van der Waals surface area contributed by atoms with E-state index in [9.17, 15) is 9.59 Å². The molecule has 1 unspecified atom stereocenters. The van der Waals surface area contributed by atoms with Crippen LogP contribution in [-0.2, 0) is 4.79 Å². The number of hydrogen-bond acceptors (Lipinski definition) is 4. The maximum Gasteiger partial charge on any atom is 0.246 e. The molecule has 0 aliphatic carbocycles. The Hall–Kier alpha value is -3.73. The first kappa shape index (κ1) is 18.1. The molecule has 0 saturated heterocycles. The lowest BCUT2D eigenvalue weighted by Crippen LogP contribution is -2.32. The van der Waals surface area contributed by atoms with Gasteiger partial charge in [-0.25, -0.2) is 0 Å². The summed E-state index contributed by atoms with van der Waals surface area (Å²) in [6.07, 6.45) is 0. The Morgan fingerprint density at radius 1 is 0.741 bits per heavy atom. The van der Waals surface area contributed by atoms with Gasteiger partial charge in [0.1, 0.15) is 11.8 Å². The molecule has 0 aliphatic rings. The zero-order valence-electron chi connectivity index (χ0n) is 14.6. The fourth-order valence-electron chi connectivity index (χ4n) is 2.65. The largest absolute Gasteiger partial charge is 0.368 e. The number of carbonyl (C=O) groups is 2. The van der Waals surface area contributed by atoms with E-state index in [1.807, 2.05) is 42.5 Å². The zero-order chi connectivity index (χ0) is 19.1. The van der Waals surface area contributed by atoms with E-state index in [4.69, 9.17) is 5.73 Å². The van der Waals surface area contributed by atoms with Gasteiger partial charge in [0.2, 0.25) is 11.7 Å². The fraction of sp³-hybridized carbons (Fsp3) is 0.0455. The summed E-state index contributed by atoms with van der Waals surface area (Å²) in [5, 5.41) is 4.28. The first-order valence-electron chi connectivity index (χ1n) is 8.49. The van der Waals surface area contributed by atoms with Crippen molar-refractivity contribution < 1.29 is 9.59 Å². The van der Waals surface area contributed by atoms with Crippen molar-refractivity contribution in [3.63, 3.8) is 0 Å². The number of Topliss-reactive ketones (excluding diaryl/α,β-unsaturated/α-hetero) is 1. The quantitative estimate of drug-likeness (QED) is 0.387. The third kappa shape index (κ3) is 4.46. The Balaban J connectivity index is 1.97. The minimum absolute atomic E-state index is 0.212. The Kier molecular flexibility index (Phi) is 5.74. The molecule has 1 amide bonds. The number of ketones is 1. The van der Waals surface area contributed by atoms with Gasteiger partial charge in [-0.1, -0.05) is 91.0 Å². The van der Waals surface area contributed by atoms with Crippen LogP contribution in [0.5, 0.6) is 0 Å².